The molecular weight excluding hydrogens is 314 g/mol. The summed E-state index contributed by atoms with van der Waals surface area (Å²) in [7, 11) is 1.71. The molecule has 1 N–H and O–H groups in total. The zero-order valence-corrected chi connectivity index (χ0v) is 14.6. The van der Waals surface area contributed by atoms with Crippen molar-refractivity contribution in [3.63, 3.8) is 0 Å². The first-order chi connectivity index (χ1) is 11.2. The van der Waals surface area contributed by atoms with Crippen LogP contribution >= 0.6 is 0 Å². The highest BCUT2D eigenvalue weighted by molar-refractivity contribution is 5.92. The van der Waals surface area contributed by atoms with Gasteiger partial charge in [0.05, 0.1) is 19.3 Å². The number of aliphatic carboxylic acids is 1. The van der Waals surface area contributed by atoms with Gasteiger partial charge in [-0.1, -0.05) is 25.9 Å². The van der Waals surface area contributed by atoms with Crippen LogP contribution in [0.1, 0.15) is 37.0 Å². The highest BCUT2D eigenvalue weighted by Gasteiger charge is 2.29. The molecule has 0 aliphatic carbocycles. The van der Waals surface area contributed by atoms with E-state index in [2.05, 4.69) is 5.16 Å². The van der Waals surface area contributed by atoms with Crippen LogP contribution in [0.5, 0.6) is 0 Å². The van der Waals surface area contributed by atoms with Gasteiger partial charge in [0.1, 0.15) is 5.76 Å². The van der Waals surface area contributed by atoms with Crippen LogP contribution in [-0.2, 0) is 14.9 Å². The van der Waals surface area contributed by atoms with Crippen molar-refractivity contribution in [3.8, 4) is 0 Å². The average Bonchev–Trinajstić information content (AvgIpc) is 2.95. The quantitative estimate of drug-likeness (QED) is 0.848. The average molecular weight is 339 g/mol. The standard InChI is InChI=1S/C16H25N3O5/c1-16(2,3)13-7-12(17-24-13)15(22)19-5-6-23-11(9-19)8-18(4)10-14(20)21/h7,11H,5-6,8-10H2,1-4H3,(H,20,21). The summed E-state index contributed by atoms with van der Waals surface area (Å²) in [6, 6.07) is 1.68. The van der Waals surface area contributed by atoms with Gasteiger partial charge in [-0.3, -0.25) is 14.5 Å². The lowest BCUT2D eigenvalue weighted by Gasteiger charge is -2.34. The third kappa shape index (κ3) is 4.78. The number of carboxylic acid groups (broad SMARTS) is 1. The van der Waals surface area contributed by atoms with E-state index < -0.39 is 5.97 Å². The van der Waals surface area contributed by atoms with Crippen LogP contribution in [0.25, 0.3) is 0 Å². The molecule has 1 aromatic heterocycles. The molecule has 1 aliphatic rings. The molecular formula is C16H25N3O5. The van der Waals surface area contributed by atoms with Crippen LogP contribution in [-0.4, -0.2) is 77.9 Å². The Kier molecular flexibility index (Phi) is 5.61. The van der Waals surface area contributed by atoms with Crippen molar-refractivity contribution in [2.75, 3.05) is 39.8 Å². The van der Waals surface area contributed by atoms with Crippen molar-refractivity contribution in [3.05, 3.63) is 17.5 Å². The third-order valence-corrected chi connectivity index (χ3v) is 3.81. The second-order valence-electron chi connectivity index (χ2n) is 7.16. The van der Waals surface area contributed by atoms with Crippen LogP contribution in [0.3, 0.4) is 0 Å². The number of carbonyl (C=O) groups is 2. The molecule has 1 aromatic rings. The second kappa shape index (κ2) is 7.31. The number of carboxylic acids is 1. The van der Waals surface area contributed by atoms with Gasteiger partial charge < -0.3 is 19.3 Å². The Morgan fingerprint density at radius 1 is 1.46 bits per heavy atom. The summed E-state index contributed by atoms with van der Waals surface area (Å²) in [5.74, 6) is -0.418. The van der Waals surface area contributed by atoms with Gasteiger partial charge >= 0.3 is 5.97 Å². The van der Waals surface area contributed by atoms with Gasteiger partial charge in [-0.2, -0.15) is 0 Å². The molecule has 8 heteroatoms. The van der Waals surface area contributed by atoms with Crippen LogP contribution in [0.4, 0.5) is 0 Å². The number of amides is 1. The predicted molar refractivity (Wildman–Crippen MR) is 86.0 cm³/mol. The minimum absolute atomic E-state index is 0.0635. The SMILES string of the molecule is CN(CC(=O)O)CC1CN(C(=O)c2cc(C(C)(C)C)on2)CCO1. The van der Waals surface area contributed by atoms with E-state index >= 15 is 0 Å². The van der Waals surface area contributed by atoms with E-state index in [1.807, 2.05) is 20.8 Å². The van der Waals surface area contributed by atoms with Crippen molar-refractivity contribution in [1.29, 1.82) is 0 Å². The number of likely N-dealkylation sites (N-methyl/N-ethyl adjacent to an activating group) is 1. The van der Waals surface area contributed by atoms with Gasteiger partial charge in [-0.05, 0) is 7.05 Å². The summed E-state index contributed by atoms with van der Waals surface area (Å²) in [4.78, 5) is 26.7. The molecule has 134 valence electrons. The van der Waals surface area contributed by atoms with Crippen LogP contribution < -0.4 is 0 Å². The largest absolute Gasteiger partial charge is 0.480 e. The van der Waals surface area contributed by atoms with Crippen molar-refractivity contribution >= 4 is 11.9 Å². The molecule has 2 heterocycles. The fourth-order valence-electron chi connectivity index (χ4n) is 2.55. The zero-order valence-electron chi connectivity index (χ0n) is 14.6. The Morgan fingerprint density at radius 3 is 2.75 bits per heavy atom. The number of carbonyl (C=O) groups excluding carboxylic acids is 1. The monoisotopic (exact) mass is 339 g/mol. The van der Waals surface area contributed by atoms with Gasteiger partial charge in [0.2, 0.25) is 0 Å². The van der Waals surface area contributed by atoms with Gasteiger partial charge in [0, 0.05) is 31.1 Å². The Hall–Kier alpha value is -1.93. The molecule has 1 aliphatic heterocycles. The fraction of sp³-hybridized carbons (Fsp3) is 0.688. The summed E-state index contributed by atoms with van der Waals surface area (Å²) in [6.45, 7) is 7.66. The number of ether oxygens (including phenoxy) is 1. The van der Waals surface area contributed by atoms with E-state index in [-0.39, 0.29) is 24.0 Å². The van der Waals surface area contributed by atoms with Crippen LogP contribution in [0, 0.1) is 0 Å². The smallest absolute Gasteiger partial charge is 0.317 e. The summed E-state index contributed by atoms with van der Waals surface area (Å²) in [5.41, 5.74) is 0.0815. The van der Waals surface area contributed by atoms with Gasteiger partial charge in [0.25, 0.3) is 5.91 Å². The molecule has 24 heavy (non-hydrogen) atoms. The maximum absolute atomic E-state index is 12.6. The molecule has 0 aromatic carbocycles. The Morgan fingerprint density at radius 2 is 2.17 bits per heavy atom. The molecule has 0 spiro atoms. The zero-order chi connectivity index (χ0) is 17.9. The second-order valence-corrected chi connectivity index (χ2v) is 7.16. The Bertz CT molecular complexity index is 593. The number of rotatable bonds is 5. The number of morpholine rings is 1. The molecule has 1 saturated heterocycles. The lowest BCUT2D eigenvalue weighted by Crippen LogP contribution is -2.49. The fourth-order valence-corrected chi connectivity index (χ4v) is 2.55. The molecule has 0 saturated carbocycles. The molecule has 1 fully saturated rings. The minimum Gasteiger partial charge on any atom is -0.480 e. The predicted octanol–water partition coefficient (Wildman–Crippen LogP) is 0.830. The van der Waals surface area contributed by atoms with E-state index in [4.69, 9.17) is 14.4 Å². The maximum Gasteiger partial charge on any atom is 0.317 e. The topological polar surface area (TPSA) is 96.1 Å². The first-order valence-electron chi connectivity index (χ1n) is 7.95. The Labute approximate surface area is 141 Å². The normalized spacial score (nSPS) is 18.9. The van der Waals surface area contributed by atoms with E-state index in [1.165, 1.54) is 0 Å². The molecule has 0 bridgehead atoms. The lowest BCUT2D eigenvalue weighted by atomic mass is 9.93. The highest BCUT2D eigenvalue weighted by Crippen LogP contribution is 2.23. The summed E-state index contributed by atoms with van der Waals surface area (Å²) < 4.78 is 10.9. The van der Waals surface area contributed by atoms with E-state index in [0.29, 0.717) is 37.7 Å². The van der Waals surface area contributed by atoms with Crippen LogP contribution in [0.15, 0.2) is 10.6 Å². The molecule has 1 atom stereocenters. The van der Waals surface area contributed by atoms with Gasteiger partial charge in [-0.25, -0.2) is 0 Å². The molecule has 8 nitrogen and oxygen atoms in total. The molecule has 2 rings (SSSR count). The molecule has 1 unspecified atom stereocenters. The maximum atomic E-state index is 12.6. The van der Waals surface area contributed by atoms with Gasteiger partial charge in [-0.15, -0.1) is 0 Å². The first-order valence-corrected chi connectivity index (χ1v) is 7.95. The van der Waals surface area contributed by atoms with Gasteiger partial charge in [0.15, 0.2) is 5.69 Å². The van der Waals surface area contributed by atoms with Crippen molar-refractivity contribution in [2.24, 2.45) is 0 Å². The van der Waals surface area contributed by atoms with Crippen molar-refractivity contribution in [1.82, 2.24) is 15.0 Å². The highest BCUT2D eigenvalue weighted by atomic mass is 16.5. The van der Waals surface area contributed by atoms with E-state index in [1.54, 1.807) is 22.9 Å². The van der Waals surface area contributed by atoms with Crippen LogP contribution in [0.2, 0.25) is 0 Å². The van der Waals surface area contributed by atoms with E-state index in [9.17, 15) is 9.59 Å². The summed E-state index contributed by atoms with van der Waals surface area (Å²) >= 11 is 0. The summed E-state index contributed by atoms with van der Waals surface area (Å²) in [6.07, 6.45) is -0.221. The number of hydrogen-bond acceptors (Lipinski definition) is 6. The van der Waals surface area contributed by atoms with Crippen molar-refractivity contribution < 1.29 is 24.0 Å². The summed E-state index contributed by atoms with van der Waals surface area (Å²) in [5, 5.41) is 12.7. The number of hydrogen-bond donors (Lipinski definition) is 1. The third-order valence-electron chi connectivity index (χ3n) is 3.81. The first kappa shape index (κ1) is 18.4. The number of aromatic nitrogens is 1. The number of nitrogens with zero attached hydrogens (tertiary/aromatic N) is 3. The van der Waals surface area contributed by atoms with Crippen molar-refractivity contribution in [2.45, 2.75) is 32.3 Å². The van der Waals surface area contributed by atoms with E-state index in [0.717, 1.165) is 0 Å². The minimum atomic E-state index is -0.890. The molecule has 0 radical (unpaired) electrons. The molecule has 1 amide bonds. The Balaban J connectivity index is 1.97. The lowest BCUT2D eigenvalue weighted by molar-refractivity contribution is -0.138.